The maximum absolute atomic E-state index is 13.9. The molecule has 11 heteroatoms. The molecule has 0 bridgehead atoms. The van der Waals surface area contributed by atoms with E-state index in [1.165, 1.54) is 19.2 Å². The number of carbonyl (C=O) groups is 1. The van der Waals surface area contributed by atoms with Crippen LogP contribution in [0, 0.1) is 16.0 Å². The van der Waals surface area contributed by atoms with Gasteiger partial charge >= 0.3 is 0 Å². The predicted molar refractivity (Wildman–Crippen MR) is 150 cm³/mol. The van der Waals surface area contributed by atoms with Crippen LogP contribution in [0.1, 0.15) is 29.8 Å². The fraction of sp³-hybridized carbons (Fsp3) is 0.345. The van der Waals surface area contributed by atoms with Crippen LogP contribution >= 0.6 is 0 Å². The van der Waals surface area contributed by atoms with Crippen LogP contribution < -0.4 is 0 Å². The Morgan fingerprint density at radius 2 is 1.65 bits per heavy atom. The van der Waals surface area contributed by atoms with Crippen molar-refractivity contribution in [3.8, 4) is 11.1 Å². The van der Waals surface area contributed by atoms with Crippen molar-refractivity contribution in [1.82, 2.24) is 9.21 Å². The van der Waals surface area contributed by atoms with Crippen LogP contribution in [0.5, 0.6) is 0 Å². The molecule has 1 heterocycles. The van der Waals surface area contributed by atoms with Gasteiger partial charge in [0.15, 0.2) is 0 Å². The van der Waals surface area contributed by atoms with Crippen molar-refractivity contribution in [1.29, 1.82) is 0 Å². The molecule has 1 N–H and O–H groups in total. The minimum absolute atomic E-state index is 0.0227. The highest BCUT2D eigenvalue weighted by Crippen LogP contribution is 2.31. The maximum atomic E-state index is 13.9. The first-order valence-corrected chi connectivity index (χ1v) is 14.4. The van der Waals surface area contributed by atoms with Gasteiger partial charge in [0, 0.05) is 43.8 Å². The van der Waals surface area contributed by atoms with Gasteiger partial charge in [-0.05, 0) is 41.8 Å². The highest BCUT2D eigenvalue weighted by molar-refractivity contribution is 7.89. The summed E-state index contributed by atoms with van der Waals surface area (Å²) in [5.74, 6) is -0.545. The highest BCUT2D eigenvalue weighted by atomic mass is 32.2. The molecule has 0 aromatic heterocycles. The Kier molecular flexibility index (Phi) is 8.99. The Hall–Kier alpha value is -3.64. The average molecular weight is 568 g/mol. The second-order valence-electron chi connectivity index (χ2n) is 10.1. The molecule has 0 saturated carbocycles. The summed E-state index contributed by atoms with van der Waals surface area (Å²) in [6.07, 6.45) is -0.617. The van der Waals surface area contributed by atoms with E-state index in [1.807, 2.05) is 49.4 Å². The number of nitrogens with zero attached hydrogens (tertiary/aromatic N) is 3. The zero-order valence-corrected chi connectivity index (χ0v) is 23.5. The highest BCUT2D eigenvalue weighted by Gasteiger charge is 2.33. The van der Waals surface area contributed by atoms with Gasteiger partial charge in [-0.1, -0.05) is 49.4 Å². The molecule has 0 fully saturated rings. The van der Waals surface area contributed by atoms with Gasteiger partial charge in [0.25, 0.3) is 11.6 Å². The standard InChI is InChI=1S/C29H33N3O7S/c1-20-16-31(21(2)18-33)29(34)27-11-7-6-10-26(27)25-9-5-4-8-22(25)19-39-28(20)17-30(3)40(37,38)24-14-12-23(13-15-24)32(35)36/h4-15,20-21,28,33H,16-19H2,1-3H3/t20-,21-,28+/m1/s1. The van der Waals surface area contributed by atoms with Gasteiger partial charge in [0.2, 0.25) is 10.0 Å². The van der Waals surface area contributed by atoms with Gasteiger partial charge in [0.05, 0.1) is 35.2 Å². The second-order valence-corrected chi connectivity index (χ2v) is 12.1. The molecule has 3 atom stereocenters. The van der Waals surface area contributed by atoms with Gasteiger partial charge in [0.1, 0.15) is 0 Å². The Morgan fingerprint density at radius 3 is 2.27 bits per heavy atom. The minimum atomic E-state index is -3.99. The van der Waals surface area contributed by atoms with Crippen LogP contribution in [-0.2, 0) is 21.4 Å². The Labute approximate surface area is 234 Å². The lowest BCUT2D eigenvalue weighted by Crippen LogP contribution is -2.47. The molecule has 10 nitrogen and oxygen atoms in total. The molecule has 3 aromatic carbocycles. The number of aliphatic hydroxyl groups excluding tert-OH is 1. The van der Waals surface area contributed by atoms with Gasteiger partial charge in [-0.3, -0.25) is 14.9 Å². The number of aliphatic hydroxyl groups is 1. The molecule has 0 unspecified atom stereocenters. The van der Waals surface area contributed by atoms with Crippen molar-refractivity contribution < 1.29 is 28.0 Å². The quantitative estimate of drug-likeness (QED) is 0.338. The molecule has 0 spiro atoms. The lowest BCUT2D eigenvalue weighted by atomic mass is 9.94. The van der Waals surface area contributed by atoms with Crippen LogP contribution in [0.3, 0.4) is 0 Å². The number of likely N-dealkylation sites (N-methyl/N-ethyl adjacent to an activating group) is 1. The number of hydrogen-bond acceptors (Lipinski definition) is 7. The van der Waals surface area contributed by atoms with Crippen LogP contribution in [-0.4, -0.2) is 72.4 Å². The van der Waals surface area contributed by atoms with Crippen molar-refractivity contribution in [2.24, 2.45) is 5.92 Å². The third-order valence-corrected chi connectivity index (χ3v) is 9.12. The molecular formula is C29H33N3O7S. The molecular weight excluding hydrogens is 534 g/mol. The number of nitro groups is 1. The summed E-state index contributed by atoms with van der Waals surface area (Å²) in [4.78, 5) is 25.8. The number of non-ortho nitro benzene ring substituents is 1. The third kappa shape index (κ3) is 6.07. The summed E-state index contributed by atoms with van der Waals surface area (Å²) < 4.78 is 34.2. The van der Waals surface area contributed by atoms with E-state index in [-0.39, 0.29) is 48.7 Å². The van der Waals surface area contributed by atoms with E-state index in [0.29, 0.717) is 5.56 Å². The Bertz CT molecular complexity index is 1480. The van der Waals surface area contributed by atoms with Gasteiger partial charge in [-0.2, -0.15) is 4.31 Å². The van der Waals surface area contributed by atoms with Crippen molar-refractivity contribution >= 4 is 21.6 Å². The number of ether oxygens (including phenoxy) is 1. The third-order valence-electron chi connectivity index (χ3n) is 7.29. The first kappa shape index (κ1) is 29.3. The number of benzene rings is 3. The van der Waals surface area contributed by atoms with Crippen LogP contribution in [0.4, 0.5) is 5.69 Å². The van der Waals surface area contributed by atoms with Crippen molar-refractivity contribution in [2.45, 2.75) is 37.5 Å². The fourth-order valence-electron chi connectivity index (χ4n) is 4.82. The molecule has 3 aromatic rings. The van der Waals surface area contributed by atoms with E-state index in [2.05, 4.69) is 0 Å². The van der Waals surface area contributed by atoms with E-state index < -0.39 is 27.1 Å². The second kappa shape index (κ2) is 12.3. The lowest BCUT2D eigenvalue weighted by molar-refractivity contribution is -0.384. The first-order valence-electron chi connectivity index (χ1n) is 13.0. The normalized spacial score (nSPS) is 18.9. The maximum Gasteiger partial charge on any atom is 0.269 e. The zero-order chi connectivity index (χ0) is 29.0. The number of sulfonamides is 1. The number of hydrogen-bond donors (Lipinski definition) is 1. The number of carbonyl (C=O) groups excluding carboxylic acids is 1. The topological polar surface area (TPSA) is 130 Å². The van der Waals surface area contributed by atoms with Gasteiger partial charge < -0.3 is 14.7 Å². The van der Waals surface area contributed by atoms with Crippen LogP contribution in [0.15, 0.2) is 77.7 Å². The van der Waals surface area contributed by atoms with Crippen molar-refractivity contribution in [3.63, 3.8) is 0 Å². The smallest absolute Gasteiger partial charge is 0.269 e. The van der Waals surface area contributed by atoms with E-state index >= 15 is 0 Å². The Morgan fingerprint density at radius 1 is 1.05 bits per heavy atom. The summed E-state index contributed by atoms with van der Waals surface area (Å²) in [7, 11) is -2.56. The number of fused-ring (bicyclic) bond motifs is 3. The summed E-state index contributed by atoms with van der Waals surface area (Å²) in [6.45, 7) is 3.80. The monoisotopic (exact) mass is 567 g/mol. The molecule has 0 radical (unpaired) electrons. The predicted octanol–water partition coefficient (Wildman–Crippen LogP) is 3.94. The molecule has 1 aliphatic rings. The molecule has 212 valence electrons. The van der Waals surface area contributed by atoms with Crippen LogP contribution in [0.2, 0.25) is 0 Å². The van der Waals surface area contributed by atoms with E-state index in [9.17, 15) is 28.4 Å². The lowest BCUT2D eigenvalue weighted by Gasteiger charge is -2.35. The zero-order valence-electron chi connectivity index (χ0n) is 22.6. The molecule has 4 rings (SSSR count). The largest absolute Gasteiger partial charge is 0.394 e. The number of nitro benzene ring substituents is 1. The van der Waals surface area contributed by atoms with E-state index in [1.54, 1.807) is 17.9 Å². The summed E-state index contributed by atoms with van der Waals surface area (Å²) in [6, 6.07) is 19.2. The average Bonchev–Trinajstić information content (AvgIpc) is 2.98. The molecule has 1 aliphatic heterocycles. The fourth-order valence-corrected chi connectivity index (χ4v) is 6.01. The van der Waals surface area contributed by atoms with E-state index in [4.69, 9.17) is 4.74 Å². The molecule has 0 aliphatic carbocycles. The van der Waals surface area contributed by atoms with E-state index in [0.717, 1.165) is 33.1 Å². The Balaban J connectivity index is 1.70. The molecule has 40 heavy (non-hydrogen) atoms. The van der Waals surface area contributed by atoms with Gasteiger partial charge in [-0.25, -0.2) is 8.42 Å². The summed E-state index contributed by atoms with van der Waals surface area (Å²) in [5, 5.41) is 21.0. The summed E-state index contributed by atoms with van der Waals surface area (Å²) >= 11 is 0. The van der Waals surface area contributed by atoms with Crippen molar-refractivity contribution in [3.05, 3.63) is 94.0 Å². The number of rotatable bonds is 7. The minimum Gasteiger partial charge on any atom is -0.394 e. The first-order chi connectivity index (χ1) is 19.0. The molecule has 0 saturated heterocycles. The van der Waals surface area contributed by atoms with Gasteiger partial charge in [-0.15, -0.1) is 0 Å². The van der Waals surface area contributed by atoms with Crippen LogP contribution in [0.25, 0.3) is 11.1 Å². The molecule has 1 amide bonds. The number of amides is 1. The summed E-state index contributed by atoms with van der Waals surface area (Å²) in [5.41, 5.74) is 2.75. The van der Waals surface area contributed by atoms with Crippen molar-refractivity contribution in [2.75, 3.05) is 26.7 Å². The SMILES string of the molecule is C[C@@H]1CN([C@H](C)CO)C(=O)c2ccccc2-c2ccccc2CO[C@H]1CN(C)S(=O)(=O)c1ccc([N+](=O)[O-])cc1.